The van der Waals surface area contributed by atoms with Crippen LogP contribution in [0.4, 0.5) is 0 Å². The van der Waals surface area contributed by atoms with Crippen molar-refractivity contribution >= 4 is 8.32 Å². The molecule has 0 aromatic rings. The van der Waals surface area contributed by atoms with Crippen LogP contribution in [0, 0.1) is 0 Å². The lowest BCUT2D eigenvalue weighted by molar-refractivity contribution is -0.0335. The second-order valence-corrected chi connectivity index (χ2v) is 11.3. The molecule has 0 saturated carbocycles. The molecular formula is C13H30O4Si. The maximum absolute atomic E-state index is 9.71. The summed E-state index contributed by atoms with van der Waals surface area (Å²) in [5.41, 5.74) is 1.16. The number of aliphatic hydroxyl groups is 3. The van der Waals surface area contributed by atoms with Gasteiger partial charge in [0.05, 0.1) is 19.3 Å². The fraction of sp³-hybridized carbons (Fsp3) is 1.00. The summed E-state index contributed by atoms with van der Waals surface area (Å²) >= 11 is 0. The zero-order chi connectivity index (χ0) is 14.5. The van der Waals surface area contributed by atoms with Crippen molar-refractivity contribution in [2.45, 2.75) is 70.4 Å². The molecule has 5 heteroatoms. The standard InChI is InChI=1S/C13H30O4Si/c1-9(2)18(10(3)4,11(5)6)17-13(8-15)12(16)7-14/h9-16H,7-8H2,1-6H3/t12-,13-/m0/s1. The van der Waals surface area contributed by atoms with E-state index in [4.69, 9.17) is 9.53 Å². The van der Waals surface area contributed by atoms with Gasteiger partial charge < -0.3 is 19.7 Å². The SMILES string of the molecule is CC(C)[Si](O[C@@H](CO)[C@@H](O)CO)(C(C)C)C(C)C. The van der Waals surface area contributed by atoms with Crippen molar-refractivity contribution in [3.63, 3.8) is 0 Å². The van der Waals surface area contributed by atoms with E-state index >= 15 is 0 Å². The van der Waals surface area contributed by atoms with E-state index in [1.54, 1.807) is 0 Å². The summed E-state index contributed by atoms with van der Waals surface area (Å²) in [5.74, 6) is 0. The second kappa shape index (κ2) is 7.60. The molecule has 0 fully saturated rings. The van der Waals surface area contributed by atoms with Crippen molar-refractivity contribution in [1.29, 1.82) is 0 Å². The molecule has 110 valence electrons. The van der Waals surface area contributed by atoms with E-state index in [0.29, 0.717) is 16.6 Å². The van der Waals surface area contributed by atoms with Gasteiger partial charge in [0.15, 0.2) is 0 Å². The fourth-order valence-corrected chi connectivity index (χ4v) is 8.60. The van der Waals surface area contributed by atoms with Gasteiger partial charge in [0, 0.05) is 0 Å². The van der Waals surface area contributed by atoms with Crippen LogP contribution in [0.25, 0.3) is 0 Å². The number of aliphatic hydroxyl groups excluding tert-OH is 3. The Bertz CT molecular complexity index is 209. The molecule has 0 rings (SSSR count). The van der Waals surface area contributed by atoms with Crippen LogP contribution in [0.2, 0.25) is 16.6 Å². The van der Waals surface area contributed by atoms with Gasteiger partial charge in [-0.1, -0.05) is 41.5 Å². The Balaban J connectivity index is 5.20. The first-order chi connectivity index (χ1) is 8.23. The number of rotatable bonds is 8. The Morgan fingerprint density at radius 2 is 1.22 bits per heavy atom. The van der Waals surface area contributed by atoms with E-state index in [0.717, 1.165) is 0 Å². The smallest absolute Gasteiger partial charge is 0.201 e. The molecule has 3 N–H and O–H groups in total. The molecule has 0 spiro atoms. The topological polar surface area (TPSA) is 69.9 Å². The van der Waals surface area contributed by atoms with Crippen LogP contribution in [-0.2, 0) is 4.43 Å². The molecule has 0 bridgehead atoms. The van der Waals surface area contributed by atoms with Crippen LogP contribution < -0.4 is 0 Å². The summed E-state index contributed by atoms with van der Waals surface area (Å²) < 4.78 is 6.20. The predicted molar refractivity (Wildman–Crippen MR) is 76.1 cm³/mol. The number of hydrogen-bond donors (Lipinski definition) is 3. The van der Waals surface area contributed by atoms with E-state index in [2.05, 4.69) is 41.5 Å². The van der Waals surface area contributed by atoms with Crippen LogP contribution in [0.15, 0.2) is 0 Å². The molecule has 0 heterocycles. The van der Waals surface area contributed by atoms with Gasteiger partial charge in [0.2, 0.25) is 8.32 Å². The molecule has 0 unspecified atom stereocenters. The lowest BCUT2D eigenvalue weighted by atomic mass is 10.2. The van der Waals surface area contributed by atoms with E-state index < -0.39 is 20.5 Å². The van der Waals surface area contributed by atoms with Gasteiger partial charge in [-0.05, 0) is 16.6 Å². The fourth-order valence-electron chi connectivity index (χ4n) is 3.03. The molecule has 0 amide bonds. The lowest BCUT2D eigenvalue weighted by Gasteiger charge is -2.45. The van der Waals surface area contributed by atoms with Crippen molar-refractivity contribution in [3.8, 4) is 0 Å². The predicted octanol–water partition coefficient (Wildman–Crippen LogP) is 1.89. The summed E-state index contributed by atoms with van der Waals surface area (Å²) in [6.07, 6.45) is -1.70. The van der Waals surface area contributed by atoms with Crippen LogP contribution >= 0.6 is 0 Å². The molecule has 4 nitrogen and oxygen atoms in total. The summed E-state index contributed by atoms with van der Waals surface area (Å²) in [6.45, 7) is 12.2. The molecule has 0 aromatic heterocycles. The van der Waals surface area contributed by atoms with E-state index in [1.165, 1.54) is 0 Å². The van der Waals surface area contributed by atoms with Gasteiger partial charge in [0.1, 0.15) is 6.10 Å². The van der Waals surface area contributed by atoms with Crippen molar-refractivity contribution in [2.75, 3.05) is 13.2 Å². The highest BCUT2D eigenvalue weighted by Gasteiger charge is 2.47. The van der Waals surface area contributed by atoms with E-state index in [1.807, 2.05) is 0 Å². The zero-order valence-corrected chi connectivity index (χ0v) is 13.6. The molecular weight excluding hydrogens is 248 g/mol. The zero-order valence-electron chi connectivity index (χ0n) is 12.6. The van der Waals surface area contributed by atoms with Crippen LogP contribution in [0.1, 0.15) is 41.5 Å². The van der Waals surface area contributed by atoms with Gasteiger partial charge in [-0.3, -0.25) is 0 Å². The van der Waals surface area contributed by atoms with Crippen molar-refractivity contribution in [1.82, 2.24) is 0 Å². The minimum absolute atomic E-state index is 0.261. The van der Waals surface area contributed by atoms with E-state index in [9.17, 15) is 10.2 Å². The first kappa shape index (κ1) is 18.1. The van der Waals surface area contributed by atoms with Gasteiger partial charge >= 0.3 is 0 Å². The summed E-state index contributed by atoms with van der Waals surface area (Å²) in [6, 6.07) is 0. The average molecular weight is 278 g/mol. The molecule has 2 atom stereocenters. The minimum Gasteiger partial charge on any atom is -0.408 e. The molecule has 0 aliphatic carbocycles. The largest absolute Gasteiger partial charge is 0.408 e. The third-order valence-corrected chi connectivity index (χ3v) is 9.98. The first-order valence-electron chi connectivity index (χ1n) is 6.81. The molecule has 0 radical (unpaired) electrons. The summed E-state index contributed by atoms with van der Waals surface area (Å²) in [5, 5.41) is 28.1. The van der Waals surface area contributed by atoms with Crippen molar-refractivity contribution in [3.05, 3.63) is 0 Å². The van der Waals surface area contributed by atoms with E-state index in [-0.39, 0.29) is 13.2 Å². The van der Waals surface area contributed by atoms with Crippen LogP contribution in [0.3, 0.4) is 0 Å². The Morgan fingerprint density at radius 3 is 1.44 bits per heavy atom. The highest BCUT2D eigenvalue weighted by atomic mass is 28.4. The highest BCUT2D eigenvalue weighted by Crippen LogP contribution is 2.43. The van der Waals surface area contributed by atoms with Gasteiger partial charge in [-0.2, -0.15) is 0 Å². The normalized spacial score (nSPS) is 16.7. The summed E-state index contributed by atoms with van der Waals surface area (Å²) in [4.78, 5) is 0. The van der Waals surface area contributed by atoms with Crippen LogP contribution in [0.5, 0.6) is 0 Å². The second-order valence-electron chi connectivity index (χ2n) is 5.91. The van der Waals surface area contributed by atoms with Gasteiger partial charge in [-0.25, -0.2) is 0 Å². The maximum Gasteiger partial charge on any atom is 0.201 e. The third kappa shape index (κ3) is 3.77. The highest BCUT2D eigenvalue weighted by molar-refractivity contribution is 6.77. The quantitative estimate of drug-likeness (QED) is 0.593. The van der Waals surface area contributed by atoms with Crippen molar-refractivity contribution in [2.24, 2.45) is 0 Å². The Labute approximate surface area is 112 Å². The first-order valence-corrected chi connectivity index (χ1v) is 8.95. The molecule has 0 saturated heterocycles. The van der Waals surface area contributed by atoms with Gasteiger partial charge in [-0.15, -0.1) is 0 Å². The van der Waals surface area contributed by atoms with Crippen LogP contribution in [-0.4, -0.2) is 49.1 Å². The van der Waals surface area contributed by atoms with Gasteiger partial charge in [0.25, 0.3) is 0 Å². The maximum atomic E-state index is 9.71. The number of hydrogen-bond acceptors (Lipinski definition) is 4. The molecule has 18 heavy (non-hydrogen) atoms. The monoisotopic (exact) mass is 278 g/mol. The molecule has 0 aliphatic rings. The summed E-state index contributed by atoms with van der Waals surface area (Å²) in [7, 11) is -2.12. The Hall–Kier alpha value is 0.0569. The lowest BCUT2D eigenvalue weighted by Crippen LogP contribution is -2.53. The molecule has 0 aromatic carbocycles. The molecule has 0 aliphatic heterocycles. The van der Waals surface area contributed by atoms with Crippen molar-refractivity contribution < 1.29 is 19.7 Å². The Morgan fingerprint density at radius 1 is 0.833 bits per heavy atom. The Kier molecular flexibility index (Phi) is 7.62. The average Bonchev–Trinajstić information content (AvgIpc) is 2.28. The minimum atomic E-state index is -2.12. The third-order valence-electron chi connectivity index (χ3n) is 3.86.